The quantitative estimate of drug-likeness (QED) is 0.612. The second-order valence-corrected chi connectivity index (χ2v) is 5.17. The molecule has 0 unspecified atom stereocenters. The summed E-state index contributed by atoms with van der Waals surface area (Å²) in [4.78, 5) is 0. The molecule has 1 rings (SSSR count). The Kier molecular flexibility index (Phi) is 5.64. The zero-order valence-electron chi connectivity index (χ0n) is 11.4. The molecular weight excluding hydrogens is 180 g/mol. The van der Waals surface area contributed by atoms with Crippen LogP contribution in [0.15, 0.2) is 18.2 Å². The molecule has 86 valence electrons. The fourth-order valence-corrected chi connectivity index (χ4v) is 1.62. The van der Waals surface area contributed by atoms with E-state index in [1.807, 2.05) is 13.8 Å². The SMILES string of the molecule is CC.Cc1ccc(CC(C)(C)C)c(C)c1. The molecule has 0 bridgehead atoms. The van der Waals surface area contributed by atoms with Crippen molar-refractivity contribution in [3.63, 3.8) is 0 Å². The lowest BCUT2D eigenvalue weighted by Gasteiger charge is -2.19. The largest absolute Gasteiger partial charge is 0.0683 e. The van der Waals surface area contributed by atoms with Crippen LogP contribution in [0.5, 0.6) is 0 Å². The minimum atomic E-state index is 0.389. The second-order valence-electron chi connectivity index (χ2n) is 5.17. The van der Waals surface area contributed by atoms with Gasteiger partial charge in [-0.05, 0) is 36.8 Å². The van der Waals surface area contributed by atoms with Crippen LogP contribution < -0.4 is 0 Å². The van der Waals surface area contributed by atoms with Crippen LogP contribution in [-0.2, 0) is 6.42 Å². The molecule has 0 fully saturated rings. The first kappa shape index (κ1) is 14.2. The summed E-state index contributed by atoms with van der Waals surface area (Å²) in [6.45, 7) is 15.2. The first-order chi connectivity index (χ1) is 6.88. The van der Waals surface area contributed by atoms with Crippen LogP contribution in [0.2, 0.25) is 0 Å². The summed E-state index contributed by atoms with van der Waals surface area (Å²) < 4.78 is 0. The fraction of sp³-hybridized carbons (Fsp3) is 0.600. The Balaban J connectivity index is 0.000000921. The highest BCUT2D eigenvalue weighted by atomic mass is 14.2. The van der Waals surface area contributed by atoms with Crippen molar-refractivity contribution in [3.8, 4) is 0 Å². The van der Waals surface area contributed by atoms with E-state index in [9.17, 15) is 0 Å². The van der Waals surface area contributed by atoms with Gasteiger partial charge in [0.25, 0.3) is 0 Å². The molecule has 0 atom stereocenters. The number of aryl methyl sites for hydroxylation is 2. The van der Waals surface area contributed by atoms with E-state index < -0.39 is 0 Å². The number of hydrogen-bond acceptors (Lipinski definition) is 0. The van der Waals surface area contributed by atoms with Gasteiger partial charge in [-0.25, -0.2) is 0 Å². The summed E-state index contributed by atoms with van der Waals surface area (Å²) in [6.07, 6.45) is 1.17. The van der Waals surface area contributed by atoms with Gasteiger partial charge in [-0.15, -0.1) is 0 Å². The van der Waals surface area contributed by atoms with Gasteiger partial charge in [0.1, 0.15) is 0 Å². The number of hydrogen-bond donors (Lipinski definition) is 0. The van der Waals surface area contributed by atoms with Crippen molar-refractivity contribution >= 4 is 0 Å². The Bertz CT molecular complexity index is 289. The minimum Gasteiger partial charge on any atom is -0.0683 e. The standard InChI is InChI=1S/C13H20.C2H6/c1-10-6-7-12(11(2)8-10)9-13(3,4)5;1-2/h6-8H,9H2,1-5H3;1-2H3. The summed E-state index contributed by atoms with van der Waals surface area (Å²) in [5.41, 5.74) is 4.66. The molecule has 1 aromatic carbocycles. The van der Waals surface area contributed by atoms with E-state index in [2.05, 4.69) is 52.8 Å². The number of benzene rings is 1. The van der Waals surface area contributed by atoms with Crippen LogP contribution in [-0.4, -0.2) is 0 Å². The molecule has 0 radical (unpaired) electrons. The van der Waals surface area contributed by atoms with E-state index in [-0.39, 0.29) is 0 Å². The molecule has 0 heteroatoms. The smallest absolute Gasteiger partial charge is 0.0227 e. The molecule has 0 amide bonds. The molecule has 0 saturated heterocycles. The minimum absolute atomic E-state index is 0.389. The fourth-order valence-electron chi connectivity index (χ4n) is 1.62. The summed E-state index contributed by atoms with van der Waals surface area (Å²) in [6, 6.07) is 6.73. The van der Waals surface area contributed by atoms with Crippen molar-refractivity contribution in [1.29, 1.82) is 0 Å². The van der Waals surface area contributed by atoms with Gasteiger partial charge in [-0.1, -0.05) is 58.4 Å². The van der Waals surface area contributed by atoms with E-state index in [0.717, 1.165) is 0 Å². The second kappa shape index (κ2) is 5.95. The van der Waals surface area contributed by atoms with E-state index in [0.29, 0.717) is 5.41 Å². The third-order valence-corrected chi connectivity index (χ3v) is 2.22. The molecule has 0 aromatic heterocycles. The average Bonchev–Trinajstić information content (AvgIpc) is 2.12. The van der Waals surface area contributed by atoms with Gasteiger partial charge in [0.05, 0.1) is 0 Å². The Morgan fingerprint density at radius 3 is 1.93 bits per heavy atom. The van der Waals surface area contributed by atoms with Gasteiger partial charge < -0.3 is 0 Å². The molecule has 0 nitrogen and oxygen atoms in total. The molecule has 0 N–H and O–H groups in total. The third kappa shape index (κ3) is 5.61. The molecule has 1 aromatic rings. The third-order valence-electron chi connectivity index (χ3n) is 2.22. The average molecular weight is 206 g/mol. The van der Waals surface area contributed by atoms with Crippen molar-refractivity contribution in [1.82, 2.24) is 0 Å². The summed E-state index contributed by atoms with van der Waals surface area (Å²) >= 11 is 0. The van der Waals surface area contributed by atoms with Crippen molar-refractivity contribution < 1.29 is 0 Å². The molecule has 0 spiro atoms. The van der Waals surface area contributed by atoms with Gasteiger partial charge in [0, 0.05) is 0 Å². The summed E-state index contributed by atoms with van der Waals surface area (Å²) in [5, 5.41) is 0. The topological polar surface area (TPSA) is 0 Å². The van der Waals surface area contributed by atoms with Crippen LogP contribution in [0.25, 0.3) is 0 Å². The van der Waals surface area contributed by atoms with E-state index in [1.165, 1.54) is 23.1 Å². The first-order valence-electron chi connectivity index (χ1n) is 5.95. The van der Waals surface area contributed by atoms with Gasteiger partial charge in [-0.3, -0.25) is 0 Å². The van der Waals surface area contributed by atoms with Gasteiger partial charge in [-0.2, -0.15) is 0 Å². The van der Waals surface area contributed by atoms with Crippen LogP contribution in [0.3, 0.4) is 0 Å². The van der Waals surface area contributed by atoms with Crippen LogP contribution >= 0.6 is 0 Å². The highest BCUT2D eigenvalue weighted by Crippen LogP contribution is 2.23. The highest BCUT2D eigenvalue weighted by Gasteiger charge is 2.12. The van der Waals surface area contributed by atoms with E-state index in [4.69, 9.17) is 0 Å². The molecule has 0 aliphatic heterocycles. The van der Waals surface area contributed by atoms with E-state index in [1.54, 1.807) is 0 Å². The number of rotatable bonds is 1. The molecule has 0 heterocycles. The van der Waals surface area contributed by atoms with Crippen molar-refractivity contribution in [2.45, 2.75) is 54.9 Å². The summed E-state index contributed by atoms with van der Waals surface area (Å²) in [7, 11) is 0. The lowest BCUT2D eigenvalue weighted by Crippen LogP contribution is -2.10. The normalized spacial score (nSPS) is 10.6. The Hall–Kier alpha value is -0.780. The first-order valence-corrected chi connectivity index (χ1v) is 5.95. The molecule has 0 aliphatic rings. The lowest BCUT2D eigenvalue weighted by atomic mass is 9.86. The van der Waals surface area contributed by atoms with Crippen molar-refractivity contribution in [2.24, 2.45) is 5.41 Å². The van der Waals surface area contributed by atoms with Crippen LogP contribution in [0.1, 0.15) is 51.3 Å². The molecule has 0 saturated carbocycles. The summed E-state index contributed by atoms with van der Waals surface area (Å²) in [5.74, 6) is 0. The van der Waals surface area contributed by atoms with Gasteiger partial charge >= 0.3 is 0 Å². The zero-order chi connectivity index (χ0) is 12.1. The Labute approximate surface area is 95.7 Å². The Morgan fingerprint density at radius 1 is 1.00 bits per heavy atom. The van der Waals surface area contributed by atoms with E-state index >= 15 is 0 Å². The van der Waals surface area contributed by atoms with Gasteiger partial charge in [0.15, 0.2) is 0 Å². The van der Waals surface area contributed by atoms with Crippen LogP contribution in [0, 0.1) is 19.3 Å². The highest BCUT2D eigenvalue weighted by molar-refractivity contribution is 5.30. The maximum atomic E-state index is 2.28. The Morgan fingerprint density at radius 2 is 1.53 bits per heavy atom. The zero-order valence-corrected chi connectivity index (χ0v) is 11.4. The van der Waals surface area contributed by atoms with Crippen molar-refractivity contribution in [2.75, 3.05) is 0 Å². The monoisotopic (exact) mass is 206 g/mol. The predicted octanol–water partition coefficient (Wildman–Crippen LogP) is 4.92. The lowest BCUT2D eigenvalue weighted by molar-refractivity contribution is 0.410. The molecular formula is C15H26. The maximum Gasteiger partial charge on any atom is -0.0227 e. The van der Waals surface area contributed by atoms with Crippen LogP contribution in [0.4, 0.5) is 0 Å². The van der Waals surface area contributed by atoms with Gasteiger partial charge in [0.2, 0.25) is 0 Å². The van der Waals surface area contributed by atoms with Crippen molar-refractivity contribution in [3.05, 3.63) is 34.9 Å². The molecule has 15 heavy (non-hydrogen) atoms. The predicted molar refractivity (Wildman–Crippen MR) is 70.4 cm³/mol. The molecule has 0 aliphatic carbocycles. The maximum absolute atomic E-state index is 2.28.